The van der Waals surface area contributed by atoms with Crippen molar-refractivity contribution >= 4 is 11.9 Å². The molecule has 0 spiro atoms. The minimum Gasteiger partial charge on any atom is -0.490 e. The molecule has 9 nitrogen and oxygen atoms in total. The van der Waals surface area contributed by atoms with Crippen LogP contribution in [-0.2, 0) is 16.1 Å². The third-order valence-electron chi connectivity index (χ3n) is 4.94. The molecule has 0 radical (unpaired) electrons. The number of tetrazole rings is 1. The van der Waals surface area contributed by atoms with Crippen molar-refractivity contribution in [2.24, 2.45) is 0 Å². The van der Waals surface area contributed by atoms with Gasteiger partial charge in [-0.3, -0.25) is 0 Å². The molecule has 0 bridgehead atoms. The van der Waals surface area contributed by atoms with E-state index in [0.717, 1.165) is 11.1 Å². The van der Waals surface area contributed by atoms with Gasteiger partial charge in [0.2, 0.25) is 5.95 Å². The number of esters is 1. The molecule has 0 saturated carbocycles. The van der Waals surface area contributed by atoms with Gasteiger partial charge in [0.25, 0.3) is 0 Å². The van der Waals surface area contributed by atoms with Crippen LogP contribution in [-0.4, -0.2) is 39.9 Å². The zero-order valence-electron chi connectivity index (χ0n) is 17.5. The Bertz CT molecular complexity index is 1110. The summed E-state index contributed by atoms with van der Waals surface area (Å²) in [5, 5.41) is 14.8. The minimum atomic E-state index is -0.568. The number of allylic oxidation sites excluding steroid dienone is 1. The van der Waals surface area contributed by atoms with Gasteiger partial charge < -0.3 is 19.5 Å². The quantitative estimate of drug-likeness (QED) is 0.581. The van der Waals surface area contributed by atoms with Crippen LogP contribution < -0.4 is 14.8 Å². The fourth-order valence-electron chi connectivity index (χ4n) is 3.51. The number of nitrogens with zero attached hydrogens (tertiary/aromatic N) is 4. The Morgan fingerprint density at radius 3 is 2.68 bits per heavy atom. The number of carbonyl (C=O) groups excluding carboxylic acids is 1. The number of anilines is 1. The van der Waals surface area contributed by atoms with Gasteiger partial charge >= 0.3 is 5.97 Å². The molecule has 1 aliphatic heterocycles. The van der Waals surface area contributed by atoms with Crippen molar-refractivity contribution in [3.8, 4) is 11.5 Å². The largest absolute Gasteiger partial charge is 0.490 e. The molecule has 2 aromatic carbocycles. The molecule has 2 heterocycles. The van der Waals surface area contributed by atoms with Gasteiger partial charge in [-0.15, -0.1) is 0 Å². The number of aromatic nitrogens is 4. The van der Waals surface area contributed by atoms with Crippen LogP contribution in [0.25, 0.3) is 0 Å². The summed E-state index contributed by atoms with van der Waals surface area (Å²) >= 11 is 0. The van der Waals surface area contributed by atoms with Crippen molar-refractivity contribution in [1.29, 1.82) is 0 Å². The standard InChI is InChI=1S/C22H23N5O4/c1-4-30-18-12-16(10-11-17(18)31-13-15-8-6-5-7-9-15)20-19(21(28)29-3)14(2)23-22-24-25-26-27(20)22/h5-12,20H,4,13H2,1-3H3,(H,23,24,26)/t20-/m1/s1. The maximum atomic E-state index is 12.6. The number of carbonyl (C=O) groups is 1. The first kappa shape index (κ1) is 20.4. The highest BCUT2D eigenvalue weighted by molar-refractivity contribution is 5.92. The van der Waals surface area contributed by atoms with Gasteiger partial charge in [0, 0.05) is 5.70 Å². The predicted octanol–water partition coefficient (Wildman–Crippen LogP) is 3.11. The fraction of sp³-hybridized carbons (Fsp3) is 0.273. The summed E-state index contributed by atoms with van der Waals surface area (Å²) in [5.74, 6) is 1.17. The van der Waals surface area contributed by atoms with E-state index in [4.69, 9.17) is 14.2 Å². The number of benzene rings is 2. The fourth-order valence-corrected chi connectivity index (χ4v) is 3.51. The summed E-state index contributed by atoms with van der Waals surface area (Å²) < 4.78 is 18.4. The Morgan fingerprint density at radius 2 is 1.94 bits per heavy atom. The minimum absolute atomic E-state index is 0.414. The van der Waals surface area contributed by atoms with Crippen molar-refractivity contribution in [1.82, 2.24) is 20.2 Å². The second-order valence-electron chi connectivity index (χ2n) is 6.92. The third-order valence-corrected chi connectivity index (χ3v) is 4.94. The molecule has 1 N–H and O–H groups in total. The predicted molar refractivity (Wildman–Crippen MR) is 113 cm³/mol. The molecule has 160 valence electrons. The second-order valence-corrected chi connectivity index (χ2v) is 6.92. The summed E-state index contributed by atoms with van der Waals surface area (Å²) in [6, 6.07) is 14.9. The van der Waals surface area contributed by atoms with Crippen molar-refractivity contribution in [2.75, 3.05) is 19.0 Å². The SMILES string of the molecule is CCOc1cc([C@@H]2C(C(=O)OC)=C(C)Nc3nnnn32)ccc1OCc1ccccc1. The number of nitrogens with one attached hydrogen (secondary N) is 1. The van der Waals surface area contributed by atoms with Crippen molar-refractivity contribution in [3.05, 3.63) is 70.9 Å². The molecule has 1 aliphatic rings. The lowest BCUT2D eigenvalue weighted by Crippen LogP contribution is -2.29. The van der Waals surface area contributed by atoms with Gasteiger partial charge in [0.1, 0.15) is 12.6 Å². The molecule has 0 saturated heterocycles. The average molecular weight is 421 g/mol. The lowest BCUT2D eigenvalue weighted by atomic mass is 9.95. The van der Waals surface area contributed by atoms with Crippen LogP contribution in [0.3, 0.4) is 0 Å². The lowest BCUT2D eigenvalue weighted by Gasteiger charge is -2.27. The van der Waals surface area contributed by atoms with E-state index in [1.165, 1.54) is 7.11 Å². The van der Waals surface area contributed by atoms with Crippen LogP contribution in [0.2, 0.25) is 0 Å². The third kappa shape index (κ3) is 4.07. The molecule has 3 aromatic rings. The molecule has 1 aromatic heterocycles. The Labute approximate surface area is 179 Å². The number of hydrogen-bond donors (Lipinski definition) is 1. The molecule has 0 amide bonds. The second kappa shape index (κ2) is 8.86. The molecule has 0 fully saturated rings. The molecule has 0 unspecified atom stereocenters. The number of fused-ring (bicyclic) bond motifs is 1. The van der Waals surface area contributed by atoms with E-state index in [-0.39, 0.29) is 0 Å². The summed E-state index contributed by atoms with van der Waals surface area (Å²) in [4.78, 5) is 12.6. The van der Waals surface area contributed by atoms with Crippen LogP contribution in [0, 0.1) is 0 Å². The van der Waals surface area contributed by atoms with E-state index in [1.807, 2.05) is 55.5 Å². The van der Waals surface area contributed by atoms with E-state index < -0.39 is 12.0 Å². The van der Waals surface area contributed by atoms with Crippen molar-refractivity contribution in [3.63, 3.8) is 0 Å². The Morgan fingerprint density at radius 1 is 1.13 bits per heavy atom. The van der Waals surface area contributed by atoms with E-state index in [0.29, 0.717) is 41.9 Å². The summed E-state index contributed by atoms with van der Waals surface area (Å²) in [7, 11) is 1.35. The molecule has 0 aliphatic carbocycles. The molecule has 31 heavy (non-hydrogen) atoms. The Hall–Kier alpha value is -3.88. The van der Waals surface area contributed by atoms with Gasteiger partial charge in [0.15, 0.2) is 11.5 Å². The maximum absolute atomic E-state index is 12.6. The van der Waals surface area contributed by atoms with E-state index in [2.05, 4.69) is 20.8 Å². The first-order valence-electron chi connectivity index (χ1n) is 9.89. The Kier molecular flexibility index (Phi) is 5.83. The van der Waals surface area contributed by atoms with Gasteiger partial charge in [-0.05, 0) is 47.5 Å². The average Bonchev–Trinajstić information content (AvgIpc) is 3.25. The zero-order chi connectivity index (χ0) is 21.8. The molecule has 9 heteroatoms. The number of ether oxygens (including phenoxy) is 3. The highest BCUT2D eigenvalue weighted by atomic mass is 16.5. The van der Waals surface area contributed by atoms with Crippen molar-refractivity contribution < 1.29 is 19.0 Å². The molecule has 4 rings (SSSR count). The van der Waals surface area contributed by atoms with Crippen LogP contribution in [0.1, 0.15) is 31.0 Å². The van der Waals surface area contributed by atoms with Crippen LogP contribution in [0.5, 0.6) is 11.5 Å². The van der Waals surface area contributed by atoms with Crippen molar-refractivity contribution in [2.45, 2.75) is 26.5 Å². The smallest absolute Gasteiger partial charge is 0.338 e. The molecular weight excluding hydrogens is 398 g/mol. The normalized spacial score (nSPS) is 15.1. The topological polar surface area (TPSA) is 100 Å². The monoisotopic (exact) mass is 421 g/mol. The van der Waals surface area contributed by atoms with Gasteiger partial charge in [-0.1, -0.05) is 41.5 Å². The summed E-state index contributed by atoms with van der Waals surface area (Å²) in [6.07, 6.45) is 0. The van der Waals surface area contributed by atoms with Gasteiger partial charge in [-0.2, -0.15) is 4.68 Å². The molecular formula is C22H23N5O4. The summed E-state index contributed by atoms with van der Waals surface area (Å²) in [6.45, 7) is 4.57. The first-order valence-corrected chi connectivity index (χ1v) is 9.89. The lowest BCUT2D eigenvalue weighted by molar-refractivity contribution is -0.136. The highest BCUT2D eigenvalue weighted by Gasteiger charge is 2.35. The van der Waals surface area contributed by atoms with E-state index in [1.54, 1.807) is 11.6 Å². The van der Waals surface area contributed by atoms with Crippen LogP contribution >= 0.6 is 0 Å². The number of hydrogen-bond acceptors (Lipinski definition) is 8. The highest BCUT2D eigenvalue weighted by Crippen LogP contribution is 2.38. The van der Waals surface area contributed by atoms with Gasteiger partial charge in [0.05, 0.1) is 19.3 Å². The maximum Gasteiger partial charge on any atom is 0.338 e. The van der Waals surface area contributed by atoms with Crippen LogP contribution in [0.4, 0.5) is 5.95 Å². The van der Waals surface area contributed by atoms with Crippen LogP contribution in [0.15, 0.2) is 59.8 Å². The summed E-state index contributed by atoms with van der Waals surface area (Å²) in [5.41, 5.74) is 2.87. The molecule has 1 atom stereocenters. The first-order chi connectivity index (χ1) is 15.1. The van der Waals surface area contributed by atoms with E-state index in [9.17, 15) is 4.79 Å². The Balaban J connectivity index is 1.71. The van der Waals surface area contributed by atoms with Gasteiger partial charge in [-0.25, -0.2) is 4.79 Å². The number of methoxy groups -OCH3 is 1. The zero-order valence-corrected chi connectivity index (χ0v) is 17.5. The van der Waals surface area contributed by atoms with E-state index >= 15 is 0 Å². The number of rotatable bonds is 7.